The number of sulfonamides is 1. The van der Waals surface area contributed by atoms with Crippen LogP contribution in [0.15, 0.2) is 23.1 Å². The van der Waals surface area contributed by atoms with Gasteiger partial charge in [-0.25, -0.2) is 13.6 Å². The Morgan fingerprint density at radius 3 is 2.68 bits per heavy atom. The number of primary sulfonamides is 1. The zero-order valence-corrected chi connectivity index (χ0v) is 14.9. The smallest absolute Gasteiger partial charge is 0.311 e. The maximum atomic E-state index is 12.1. The number of Topliss-reactive ketones (excluding diaryl/α,β-unsaturated/α-hetero) is 1. The summed E-state index contributed by atoms with van der Waals surface area (Å²) in [7, 11) is -4.04. The van der Waals surface area contributed by atoms with E-state index in [9.17, 15) is 23.1 Å². The van der Waals surface area contributed by atoms with Gasteiger partial charge in [-0.05, 0) is 37.0 Å². The molecule has 25 heavy (non-hydrogen) atoms. The van der Waals surface area contributed by atoms with Crippen LogP contribution in [0.1, 0.15) is 43.0 Å². The van der Waals surface area contributed by atoms with E-state index in [1.807, 2.05) is 0 Å². The van der Waals surface area contributed by atoms with E-state index in [0.717, 1.165) is 12.8 Å². The van der Waals surface area contributed by atoms with Crippen molar-refractivity contribution in [3.05, 3.63) is 23.8 Å². The highest BCUT2D eigenvalue weighted by molar-refractivity contribution is 7.89. The highest BCUT2D eigenvalue weighted by Crippen LogP contribution is 2.50. The Kier molecular flexibility index (Phi) is 4.36. The first-order chi connectivity index (χ1) is 11.7. The van der Waals surface area contributed by atoms with Gasteiger partial charge in [-0.1, -0.05) is 13.3 Å². The summed E-state index contributed by atoms with van der Waals surface area (Å²) in [6.45, 7) is 2.44. The van der Waals surface area contributed by atoms with E-state index in [1.165, 1.54) is 6.07 Å². The second-order valence-electron chi connectivity index (χ2n) is 6.94. The van der Waals surface area contributed by atoms with Crippen LogP contribution in [0.3, 0.4) is 0 Å². The average Bonchev–Trinajstić information content (AvgIpc) is 3.10. The zero-order chi connectivity index (χ0) is 18.4. The van der Waals surface area contributed by atoms with Gasteiger partial charge in [0.2, 0.25) is 10.0 Å². The second-order valence-corrected chi connectivity index (χ2v) is 8.47. The fraction of sp³-hybridized carbons (Fsp3) is 0.529. The number of benzene rings is 1. The largest absolute Gasteiger partial charge is 0.481 e. The number of hydrogen-bond donors (Lipinski definition) is 2. The van der Waals surface area contributed by atoms with Gasteiger partial charge < -0.3 is 10.0 Å². The minimum atomic E-state index is -4.04. The summed E-state index contributed by atoms with van der Waals surface area (Å²) in [6.07, 6.45) is 2.55. The number of carbonyl (C=O) groups is 2. The molecule has 0 bridgehead atoms. The van der Waals surface area contributed by atoms with Crippen LogP contribution in [0.2, 0.25) is 0 Å². The normalized spacial score (nSPS) is 25.8. The number of carboxylic acid groups (broad SMARTS) is 1. The number of fused-ring (bicyclic) bond motifs is 1. The van der Waals surface area contributed by atoms with E-state index in [-0.39, 0.29) is 29.6 Å². The summed E-state index contributed by atoms with van der Waals surface area (Å²) in [5.41, 5.74) is -0.152. The molecule has 1 saturated carbocycles. The van der Waals surface area contributed by atoms with E-state index < -0.39 is 21.4 Å². The molecule has 0 aromatic heterocycles. The van der Waals surface area contributed by atoms with Crippen LogP contribution in [-0.2, 0) is 14.8 Å². The van der Waals surface area contributed by atoms with Crippen LogP contribution in [0.4, 0.5) is 5.69 Å². The molecule has 1 saturated heterocycles. The van der Waals surface area contributed by atoms with E-state index in [4.69, 9.17) is 5.14 Å². The highest BCUT2D eigenvalue weighted by atomic mass is 32.2. The molecule has 2 aliphatic rings. The summed E-state index contributed by atoms with van der Waals surface area (Å²) in [5, 5.41) is 15.1. The van der Waals surface area contributed by atoms with Gasteiger partial charge in [0.15, 0.2) is 5.78 Å². The van der Waals surface area contributed by atoms with Crippen LogP contribution in [0, 0.1) is 11.3 Å². The van der Waals surface area contributed by atoms with Crippen LogP contribution >= 0.6 is 0 Å². The third-order valence-corrected chi connectivity index (χ3v) is 6.49. The first-order valence-electron chi connectivity index (χ1n) is 8.37. The van der Waals surface area contributed by atoms with Gasteiger partial charge in [-0.15, -0.1) is 0 Å². The molecule has 136 valence electrons. The minimum Gasteiger partial charge on any atom is -0.481 e. The first-order valence-corrected chi connectivity index (χ1v) is 9.92. The lowest BCUT2D eigenvalue weighted by Gasteiger charge is -2.25. The molecule has 1 aliphatic heterocycles. The van der Waals surface area contributed by atoms with Gasteiger partial charge in [0.25, 0.3) is 0 Å². The predicted octanol–water partition coefficient (Wildman–Crippen LogP) is 1.62. The molecule has 3 N–H and O–H groups in total. The van der Waals surface area contributed by atoms with Crippen molar-refractivity contribution in [2.24, 2.45) is 16.5 Å². The number of carboxylic acids is 1. The molecule has 8 heteroatoms. The quantitative estimate of drug-likeness (QED) is 0.765. The van der Waals surface area contributed by atoms with Gasteiger partial charge in [0.05, 0.1) is 11.1 Å². The monoisotopic (exact) mass is 366 g/mol. The maximum Gasteiger partial charge on any atom is 0.311 e. The van der Waals surface area contributed by atoms with E-state index in [2.05, 4.69) is 0 Å². The summed E-state index contributed by atoms with van der Waals surface area (Å²) >= 11 is 0. The molecule has 0 radical (unpaired) electrons. The Morgan fingerprint density at radius 1 is 1.40 bits per heavy atom. The van der Waals surface area contributed by atoms with Crippen LogP contribution < -0.4 is 10.0 Å². The lowest BCUT2D eigenvalue weighted by Crippen LogP contribution is -2.36. The number of aliphatic carboxylic acids is 1. The van der Waals surface area contributed by atoms with Crippen molar-refractivity contribution >= 4 is 27.5 Å². The van der Waals surface area contributed by atoms with Crippen molar-refractivity contribution in [3.63, 3.8) is 0 Å². The van der Waals surface area contributed by atoms with Crippen molar-refractivity contribution in [3.8, 4) is 0 Å². The number of anilines is 1. The molecule has 2 atom stereocenters. The van der Waals surface area contributed by atoms with Crippen molar-refractivity contribution in [2.75, 3.05) is 18.0 Å². The Labute approximate surface area is 146 Å². The Morgan fingerprint density at radius 2 is 2.12 bits per heavy atom. The van der Waals surface area contributed by atoms with Crippen molar-refractivity contribution in [2.45, 2.75) is 37.5 Å². The predicted molar refractivity (Wildman–Crippen MR) is 92.1 cm³/mol. The molecule has 1 heterocycles. The van der Waals surface area contributed by atoms with Crippen molar-refractivity contribution in [1.82, 2.24) is 0 Å². The molecule has 0 unspecified atom stereocenters. The van der Waals surface area contributed by atoms with Crippen molar-refractivity contribution < 1.29 is 23.1 Å². The molecule has 3 rings (SSSR count). The van der Waals surface area contributed by atoms with Gasteiger partial charge in [-0.2, -0.15) is 0 Å². The summed E-state index contributed by atoms with van der Waals surface area (Å²) in [6, 6.07) is 4.45. The van der Waals surface area contributed by atoms with E-state index in [0.29, 0.717) is 24.2 Å². The summed E-state index contributed by atoms with van der Waals surface area (Å²) in [5.74, 6) is -1.00. The number of carbonyl (C=O) groups excluding carboxylic acids is 1. The Bertz CT molecular complexity index is 835. The summed E-state index contributed by atoms with van der Waals surface area (Å²) in [4.78, 5) is 25.4. The SMILES string of the molecule is CCC(=O)c1ccc(N2C[C@@H]3CCC[C@@]3(C(=O)O)C2)c(S(N)(=O)=O)c1. The first kappa shape index (κ1) is 17.9. The Hall–Kier alpha value is -1.93. The molecular formula is C17H22N2O5S. The lowest BCUT2D eigenvalue weighted by atomic mass is 9.81. The molecule has 1 aromatic carbocycles. The average molecular weight is 366 g/mol. The number of hydrogen-bond acceptors (Lipinski definition) is 5. The second kappa shape index (κ2) is 6.10. The number of rotatable bonds is 5. The van der Waals surface area contributed by atoms with Gasteiger partial charge in [0, 0.05) is 25.1 Å². The topological polar surface area (TPSA) is 118 Å². The molecule has 2 fully saturated rings. The van der Waals surface area contributed by atoms with Gasteiger partial charge >= 0.3 is 5.97 Å². The molecule has 0 amide bonds. The third-order valence-electron chi connectivity index (χ3n) is 5.55. The summed E-state index contributed by atoms with van der Waals surface area (Å²) < 4.78 is 24.1. The fourth-order valence-electron chi connectivity index (χ4n) is 4.20. The van der Waals surface area contributed by atoms with Crippen LogP contribution in [0.5, 0.6) is 0 Å². The molecule has 1 aromatic rings. The molecular weight excluding hydrogens is 344 g/mol. The number of ketones is 1. The number of nitrogens with zero attached hydrogens (tertiary/aromatic N) is 1. The lowest BCUT2D eigenvalue weighted by molar-refractivity contribution is -0.149. The highest BCUT2D eigenvalue weighted by Gasteiger charge is 2.55. The van der Waals surface area contributed by atoms with Crippen molar-refractivity contribution in [1.29, 1.82) is 0 Å². The molecule has 0 spiro atoms. The standard InChI is InChI=1S/C17H22N2O5S/c1-2-14(20)11-5-6-13(15(8-11)25(18,23)24)19-9-12-4-3-7-17(12,10-19)16(21)22/h5-6,8,12H,2-4,7,9-10H2,1H3,(H,21,22)(H2,18,23,24)/t12-,17+/m0/s1. The zero-order valence-electron chi connectivity index (χ0n) is 14.1. The third kappa shape index (κ3) is 2.93. The van der Waals surface area contributed by atoms with Crippen LogP contribution in [-0.4, -0.2) is 38.4 Å². The maximum absolute atomic E-state index is 12.1. The Balaban J connectivity index is 2.04. The fourth-order valence-corrected chi connectivity index (χ4v) is 4.98. The molecule has 1 aliphatic carbocycles. The van der Waals surface area contributed by atoms with Crippen LogP contribution in [0.25, 0.3) is 0 Å². The van der Waals surface area contributed by atoms with Gasteiger partial charge in [-0.3, -0.25) is 9.59 Å². The van der Waals surface area contributed by atoms with E-state index >= 15 is 0 Å². The molecule has 7 nitrogen and oxygen atoms in total. The minimum absolute atomic E-state index is 0.00437. The number of nitrogens with two attached hydrogens (primary N) is 1. The van der Waals surface area contributed by atoms with E-state index in [1.54, 1.807) is 24.0 Å². The van der Waals surface area contributed by atoms with Gasteiger partial charge in [0.1, 0.15) is 4.90 Å².